The Morgan fingerprint density at radius 2 is 2.03 bits per heavy atom. The predicted octanol–water partition coefficient (Wildman–Crippen LogP) is 4.32. The summed E-state index contributed by atoms with van der Waals surface area (Å²) in [7, 11) is 1.73. The van der Waals surface area contributed by atoms with E-state index in [0.29, 0.717) is 57.1 Å². The van der Waals surface area contributed by atoms with Crippen molar-refractivity contribution in [3.63, 3.8) is 0 Å². The number of halogens is 1. The molecule has 1 unspecified atom stereocenters. The van der Waals surface area contributed by atoms with Gasteiger partial charge in [0.1, 0.15) is 30.0 Å². The minimum atomic E-state index is -0.611. The fraction of sp³-hybridized carbons (Fsp3) is 0.292. The number of aryl methyl sites for hydroxylation is 1. The van der Waals surface area contributed by atoms with Crippen LogP contribution >= 0.6 is 0 Å². The van der Waals surface area contributed by atoms with Gasteiger partial charge in [-0.1, -0.05) is 6.92 Å². The molecule has 9 heteroatoms. The second kappa shape index (κ2) is 9.30. The SMILES string of the molecule is CCC(O)COc1ccc(-c2nc(C)nc3[nH]c4c(NC)cc(F)cc4c23)cc1OCC#N. The van der Waals surface area contributed by atoms with Crippen molar-refractivity contribution in [2.45, 2.75) is 26.4 Å². The molecule has 0 saturated carbocycles. The highest BCUT2D eigenvalue weighted by Crippen LogP contribution is 2.39. The van der Waals surface area contributed by atoms with E-state index in [2.05, 4.69) is 20.3 Å². The molecular formula is C24H24FN5O3. The Bertz CT molecular complexity index is 1360. The molecule has 0 spiro atoms. The van der Waals surface area contributed by atoms with Crippen LogP contribution in [0.2, 0.25) is 0 Å². The van der Waals surface area contributed by atoms with Crippen molar-refractivity contribution in [2.24, 2.45) is 0 Å². The number of ether oxygens (including phenoxy) is 2. The lowest BCUT2D eigenvalue weighted by Gasteiger charge is -2.15. The number of rotatable bonds is 8. The van der Waals surface area contributed by atoms with Crippen LogP contribution < -0.4 is 14.8 Å². The first-order chi connectivity index (χ1) is 15.9. The number of nitrogens with one attached hydrogen (secondary N) is 2. The number of nitrogens with zero attached hydrogens (tertiary/aromatic N) is 3. The number of anilines is 1. The van der Waals surface area contributed by atoms with Crippen LogP contribution in [-0.4, -0.2) is 46.4 Å². The van der Waals surface area contributed by atoms with Gasteiger partial charge in [0, 0.05) is 18.0 Å². The summed E-state index contributed by atoms with van der Waals surface area (Å²) in [6.45, 7) is 3.57. The summed E-state index contributed by atoms with van der Waals surface area (Å²) in [5.41, 5.74) is 3.21. The molecule has 4 aromatic rings. The van der Waals surface area contributed by atoms with Crippen LogP contribution in [0.25, 0.3) is 33.2 Å². The number of hydrogen-bond acceptors (Lipinski definition) is 7. The van der Waals surface area contributed by atoms with Crippen molar-refractivity contribution in [3.05, 3.63) is 42.0 Å². The number of H-pyrrole nitrogens is 1. The molecule has 2 aromatic heterocycles. The quantitative estimate of drug-likeness (QED) is 0.367. The molecule has 3 N–H and O–H groups in total. The second-order valence-corrected chi connectivity index (χ2v) is 7.58. The molecular weight excluding hydrogens is 425 g/mol. The average molecular weight is 449 g/mol. The van der Waals surface area contributed by atoms with E-state index in [4.69, 9.17) is 14.7 Å². The van der Waals surface area contributed by atoms with E-state index in [1.807, 2.05) is 19.1 Å². The molecule has 33 heavy (non-hydrogen) atoms. The molecule has 0 aliphatic carbocycles. The van der Waals surface area contributed by atoms with E-state index in [0.717, 1.165) is 5.52 Å². The Balaban J connectivity index is 1.89. The summed E-state index contributed by atoms with van der Waals surface area (Å²) in [5, 5.41) is 23.1. The maximum Gasteiger partial charge on any atom is 0.174 e. The van der Waals surface area contributed by atoms with Crippen molar-refractivity contribution in [3.8, 4) is 28.8 Å². The van der Waals surface area contributed by atoms with Crippen LogP contribution in [0, 0.1) is 24.1 Å². The lowest BCUT2D eigenvalue weighted by atomic mass is 10.0. The molecule has 0 aliphatic heterocycles. The maximum absolute atomic E-state index is 14.4. The Morgan fingerprint density at radius 1 is 1.21 bits per heavy atom. The number of hydrogen-bond donors (Lipinski definition) is 3. The molecule has 4 rings (SSSR count). The number of aliphatic hydroxyl groups excluding tert-OH is 1. The Hall–Kier alpha value is -3.90. The van der Waals surface area contributed by atoms with Gasteiger partial charge in [-0.05, 0) is 43.7 Å². The number of fused-ring (bicyclic) bond motifs is 3. The molecule has 0 amide bonds. The molecule has 0 saturated heterocycles. The van der Waals surface area contributed by atoms with Gasteiger partial charge in [0.15, 0.2) is 18.1 Å². The third-order valence-corrected chi connectivity index (χ3v) is 5.32. The highest BCUT2D eigenvalue weighted by molar-refractivity contribution is 6.15. The third-order valence-electron chi connectivity index (χ3n) is 5.32. The van der Waals surface area contributed by atoms with Crippen LogP contribution in [0.4, 0.5) is 10.1 Å². The zero-order valence-corrected chi connectivity index (χ0v) is 18.6. The highest BCUT2D eigenvalue weighted by Gasteiger charge is 2.19. The van der Waals surface area contributed by atoms with Crippen LogP contribution in [0.1, 0.15) is 19.2 Å². The van der Waals surface area contributed by atoms with Crippen molar-refractivity contribution in [1.82, 2.24) is 15.0 Å². The molecule has 1 atom stereocenters. The molecule has 0 aliphatic rings. The number of aliphatic hydroxyl groups is 1. The highest BCUT2D eigenvalue weighted by atomic mass is 19.1. The van der Waals surface area contributed by atoms with Crippen LogP contribution in [-0.2, 0) is 0 Å². The Kier molecular flexibility index (Phi) is 6.29. The van der Waals surface area contributed by atoms with Gasteiger partial charge in [0.2, 0.25) is 0 Å². The van der Waals surface area contributed by atoms with Gasteiger partial charge in [-0.15, -0.1) is 0 Å². The number of aromatic amines is 1. The molecule has 0 bridgehead atoms. The summed E-state index contributed by atoms with van der Waals surface area (Å²) in [6, 6.07) is 10.1. The summed E-state index contributed by atoms with van der Waals surface area (Å²) < 4.78 is 25.7. The normalized spacial score (nSPS) is 12.0. The number of benzene rings is 2. The smallest absolute Gasteiger partial charge is 0.174 e. The average Bonchev–Trinajstić information content (AvgIpc) is 3.18. The standard InChI is InChI=1S/C24H24FN5O3/c1-4-16(31)12-33-19-6-5-14(9-20(19)32-8-7-26)22-21-17-10-15(25)11-18(27-3)23(17)30-24(21)29-13(2)28-22/h5-6,9-11,16,27,31H,4,8,12H2,1-3H3,(H,28,29,30). The van der Waals surface area contributed by atoms with Crippen molar-refractivity contribution >= 4 is 27.6 Å². The fourth-order valence-corrected chi connectivity index (χ4v) is 3.68. The number of nitriles is 1. The zero-order chi connectivity index (χ0) is 23.5. The van der Waals surface area contributed by atoms with Gasteiger partial charge in [0.05, 0.1) is 28.4 Å². The van der Waals surface area contributed by atoms with E-state index >= 15 is 0 Å². The first-order valence-corrected chi connectivity index (χ1v) is 10.6. The Labute approximate surface area is 190 Å². The molecule has 0 radical (unpaired) electrons. The third kappa shape index (κ3) is 4.38. The second-order valence-electron chi connectivity index (χ2n) is 7.58. The maximum atomic E-state index is 14.4. The summed E-state index contributed by atoms with van der Waals surface area (Å²) >= 11 is 0. The van der Waals surface area contributed by atoms with Crippen LogP contribution in [0.3, 0.4) is 0 Å². The lowest BCUT2D eigenvalue weighted by molar-refractivity contribution is 0.102. The van der Waals surface area contributed by atoms with Crippen molar-refractivity contribution in [1.29, 1.82) is 5.26 Å². The summed E-state index contributed by atoms with van der Waals surface area (Å²) in [4.78, 5) is 12.4. The predicted molar refractivity (Wildman–Crippen MR) is 124 cm³/mol. The minimum Gasteiger partial charge on any atom is -0.487 e. The van der Waals surface area contributed by atoms with Crippen molar-refractivity contribution in [2.75, 3.05) is 25.6 Å². The summed E-state index contributed by atoms with van der Waals surface area (Å²) in [5.74, 6) is 0.923. The van der Waals surface area contributed by atoms with Gasteiger partial charge in [0.25, 0.3) is 0 Å². The topological polar surface area (TPSA) is 116 Å². The van der Waals surface area contributed by atoms with E-state index in [1.165, 1.54) is 12.1 Å². The lowest BCUT2D eigenvalue weighted by Crippen LogP contribution is -2.16. The first kappa shape index (κ1) is 22.3. The van der Waals surface area contributed by atoms with E-state index in [-0.39, 0.29) is 19.0 Å². The van der Waals surface area contributed by atoms with Crippen molar-refractivity contribution < 1.29 is 19.0 Å². The molecule has 2 heterocycles. The fourth-order valence-electron chi connectivity index (χ4n) is 3.68. The molecule has 8 nitrogen and oxygen atoms in total. The van der Waals surface area contributed by atoms with E-state index < -0.39 is 6.10 Å². The summed E-state index contributed by atoms with van der Waals surface area (Å²) in [6.07, 6.45) is -0.0590. The van der Waals surface area contributed by atoms with Crippen LogP contribution in [0.15, 0.2) is 30.3 Å². The van der Waals surface area contributed by atoms with Crippen LogP contribution in [0.5, 0.6) is 11.5 Å². The van der Waals surface area contributed by atoms with Gasteiger partial charge in [-0.25, -0.2) is 14.4 Å². The van der Waals surface area contributed by atoms with Gasteiger partial charge in [-0.2, -0.15) is 5.26 Å². The van der Waals surface area contributed by atoms with Gasteiger partial charge < -0.3 is 24.9 Å². The largest absolute Gasteiger partial charge is 0.487 e. The van der Waals surface area contributed by atoms with Gasteiger partial charge >= 0.3 is 0 Å². The molecule has 2 aromatic carbocycles. The first-order valence-electron chi connectivity index (χ1n) is 10.6. The minimum absolute atomic E-state index is 0.101. The molecule has 170 valence electrons. The van der Waals surface area contributed by atoms with Gasteiger partial charge in [-0.3, -0.25) is 0 Å². The monoisotopic (exact) mass is 449 g/mol. The number of aromatic nitrogens is 3. The zero-order valence-electron chi connectivity index (χ0n) is 18.6. The van der Waals surface area contributed by atoms with E-state index in [9.17, 15) is 9.50 Å². The van der Waals surface area contributed by atoms with E-state index in [1.54, 1.807) is 26.1 Å². The molecule has 0 fully saturated rings. The Morgan fingerprint density at radius 3 is 2.76 bits per heavy atom.